The van der Waals surface area contributed by atoms with Crippen molar-refractivity contribution >= 4 is 40.0 Å². The molecule has 3 N–H and O–H groups in total. The number of carbonyl (C=O) groups excluding carboxylic acids is 2. The summed E-state index contributed by atoms with van der Waals surface area (Å²) in [5, 5.41) is 4.51. The Hall–Kier alpha value is -3.74. The molecule has 1 aliphatic heterocycles. The number of amides is 2. The standard InChI is InChI=1S/C29H27ClN4O2/c30-22-10-8-20(9-11-22)27-17-25(24-6-1-2-7-26(24)33-27)29(36)32-23-5-3-4-19(16-23)18-34-14-12-21(13-15-34)28(31)35/h1-11,16-17,21H,12-15,18H2,(H2,31,35)(H,32,36). The lowest BCUT2D eigenvalue weighted by molar-refractivity contribution is -0.123. The minimum atomic E-state index is -0.206. The Morgan fingerprint density at radius 2 is 1.72 bits per heavy atom. The van der Waals surface area contributed by atoms with Gasteiger partial charge in [0.2, 0.25) is 5.91 Å². The molecule has 2 amide bonds. The molecule has 3 aromatic carbocycles. The van der Waals surface area contributed by atoms with E-state index in [0.29, 0.717) is 16.3 Å². The maximum Gasteiger partial charge on any atom is 0.256 e. The predicted molar refractivity (Wildman–Crippen MR) is 144 cm³/mol. The topological polar surface area (TPSA) is 88.3 Å². The van der Waals surface area contributed by atoms with Gasteiger partial charge in [-0.15, -0.1) is 0 Å². The van der Waals surface area contributed by atoms with Gasteiger partial charge in [-0.25, -0.2) is 4.98 Å². The van der Waals surface area contributed by atoms with E-state index in [0.717, 1.165) is 60.2 Å². The van der Waals surface area contributed by atoms with E-state index in [1.807, 2.05) is 72.8 Å². The maximum absolute atomic E-state index is 13.5. The fourth-order valence-electron chi connectivity index (χ4n) is 4.71. The van der Waals surface area contributed by atoms with E-state index in [-0.39, 0.29) is 17.7 Å². The largest absolute Gasteiger partial charge is 0.369 e. The number of benzene rings is 3. The fourth-order valence-corrected chi connectivity index (χ4v) is 4.84. The molecule has 1 aromatic heterocycles. The van der Waals surface area contributed by atoms with Crippen LogP contribution in [0.2, 0.25) is 5.02 Å². The van der Waals surface area contributed by atoms with Crippen molar-refractivity contribution < 1.29 is 9.59 Å². The van der Waals surface area contributed by atoms with Crippen molar-refractivity contribution in [3.8, 4) is 11.3 Å². The first-order valence-electron chi connectivity index (χ1n) is 12.0. The number of hydrogen-bond donors (Lipinski definition) is 2. The highest BCUT2D eigenvalue weighted by Crippen LogP contribution is 2.27. The molecule has 182 valence electrons. The van der Waals surface area contributed by atoms with Crippen LogP contribution in [0.5, 0.6) is 0 Å². The number of primary amides is 1. The zero-order valence-electron chi connectivity index (χ0n) is 19.8. The van der Waals surface area contributed by atoms with Gasteiger partial charge in [-0.2, -0.15) is 0 Å². The average molecular weight is 499 g/mol. The maximum atomic E-state index is 13.5. The van der Waals surface area contributed by atoms with Gasteiger partial charge in [0.15, 0.2) is 0 Å². The number of piperidine rings is 1. The number of nitrogens with zero attached hydrogens (tertiary/aromatic N) is 2. The minimum Gasteiger partial charge on any atom is -0.369 e. The average Bonchev–Trinajstić information content (AvgIpc) is 2.89. The molecule has 0 spiro atoms. The summed E-state index contributed by atoms with van der Waals surface area (Å²) in [5.41, 5.74) is 10.2. The predicted octanol–water partition coefficient (Wildman–Crippen LogP) is 5.50. The van der Waals surface area contributed by atoms with E-state index in [4.69, 9.17) is 22.3 Å². The third-order valence-electron chi connectivity index (χ3n) is 6.68. The SMILES string of the molecule is NC(=O)C1CCN(Cc2cccc(NC(=O)c3cc(-c4ccc(Cl)cc4)nc4ccccc34)c2)CC1. The van der Waals surface area contributed by atoms with Crippen LogP contribution in [0.3, 0.4) is 0 Å². The van der Waals surface area contributed by atoms with Gasteiger partial charge < -0.3 is 11.1 Å². The van der Waals surface area contributed by atoms with Crippen LogP contribution in [-0.4, -0.2) is 34.8 Å². The van der Waals surface area contributed by atoms with E-state index < -0.39 is 0 Å². The van der Waals surface area contributed by atoms with Gasteiger partial charge in [-0.3, -0.25) is 14.5 Å². The van der Waals surface area contributed by atoms with Crippen LogP contribution in [0.25, 0.3) is 22.2 Å². The molecule has 0 bridgehead atoms. The van der Waals surface area contributed by atoms with Crippen molar-refractivity contribution in [2.24, 2.45) is 11.7 Å². The van der Waals surface area contributed by atoms with E-state index in [1.165, 1.54) is 0 Å². The van der Waals surface area contributed by atoms with Crippen molar-refractivity contribution in [3.63, 3.8) is 0 Å². The number of hydrogen-bond acceptors (Lipinski definition) is 4. The third-order valence-corrected chi connectivity index (χ3v) is 6.93. The number of halogens is 1. The Morgan fingerprint density at radius 1 is 0.972 bits per heavy atom. The first-order valence-corrected chi connectivity index (χ1v) is 12.4. The number of anilines is 1. The lowest BCUT2D eigenvalue weighted by Crippen LogP contribution is -2.38. The summed E-state index contributed by atoms with van der Waals surface area (Å²) in [6, 6.07) is 24.8. The summed E-state index contributed by atoms with van der Waals surface area (Å²) in [6.07, 6.45) is 1.58. The molecular weight excluding hydrogens is 472 g/mol. The lowest BCUT2D eigenvalue weighted by atomic mass is 9.96. The summed E-state index contributed by atoms with van der Waals surface area (Å²) in [6.45, 7) is 2.43. The third kappa shape index (κ3) is 5.40. The summed E-state index contributed by atoms with van der Waals surface area (Å²) in [5.74, 6) is -0.426. The van der Waals surface area contributed by atoms with E-state index in [9.17, 15) is 9.59 Å². The second kappa shape index (κ2) is 10.5. The van der Waals surface area contributed by atoms with Gasteiger partial charge in [0.1, 0.15) is 0 Å². The number of pyridine rings is 1. The van der Waals surface area contributed by atoms with Gasteiger partial charge in [0.25, 0.3) is 5.91 Å². The summed E-state index contributed by atoms with van der Waals surface area (Å²) < 4.78 is 0. The van der Waals surface area contributed by atoms with Crippen LogP contribution < -0.4 is 11.1 Å². The van der Waals surface area contributed by atoms with Crippen LogP contribution in [0.1, 0.15) is 28.8 Å². The van der Waals surface area contributed by atoms with Crippen LogP contribution in [-0.2, 0) is 11.3 Å². The fraction of sp³-hybridized carbons (Fsp3) is 0.207. The molecule has 0 atom stereocenters. The molecule has 5 rings (SSSR count). The van der Waals surface area contributed by atoms with Gasteiger partial charge in [-0.05, 0) is 67.9 Å². The van der Waals surface area contributed by atoms with Gasteiger partial charge in [-0.1, -0.05) is 54.1 Å². The number of aromatic nitrogens is 1. The summed E-state index contributed by atoms with van der Waals surface area (Å²) in [7, 11) is 0. The Bertz CT molecular complexity index is 1410. The van der Waals surface area contributed by atoms with E-state index >= 15 is 0 Å². The monoisotopic (exact) mass is 498 g/mol. The van der Waals surface area contributed by atoms with Crippen LogP contribution in [0.4, 0.5) is 5.69 Å². The first-order chi connectivity index (χ1) is 17.5. The Kier molecular flexibility index (Phi) is 6.98. The molecule has 2 heterocycles. The van der Waals surface area contributed by atoms with Gasteiger partial charge in [0.05, 0.1) is 16.8 Å². The van der Waals surface area contributed by atoms with Crippen LogP contribution in [0, 0.1) is 5.92 Å². The van der Waals surface area contributed by atoms with Gasteiger partial charge >= 0.3 is 0 Å². The highest BCUT2D eigenvalue weighted by atomic mass is 35.5. The van der Waals surface area contributed by atoms with Crippen molar-refractivity contribution in [3.05, 3.63) is 95.0 Å². The Morgan fingerprint density at radius 3 is 2.47 bits per heavy atom. The smallest absolute Gasteiger partial charge is 0.256 e. The molecule has 1 aliphatic rings. The summed E-state index contributed by atoms with van der Waals surface area (Å²) >= 11 is 6.05. The van der Waals surface area contributed by atoms with Crippen LogP contribution >= 0.6 is 11.6 Å². The van der Waals surface area contributed by atoms with Crippen LogP contribution in [0.15, 0.2) is 78.9 Å². The highest BCUT2D eigenvalue weighted by molar-refractivity contribution is 6.30. The molecular formula is C29H27ClN4O2. The van der Waals surface area contributed by atoms with Crippen molar-refractivity contribution in [1.82, 2.24) is 9.88 Å². The number of nitrogens with one attached hydrogen (secondary N) is 1. The molecule has 0 radical (unpaired) electrons. The first kappa shape index (κ1) is 24.0. The summed E-state index contributed by atoms with van der Waals surface area (Å²) in [4.78, 5) is 32.0. The zero-order chi connectivity index (χ0) is 25.1. The molecule has 36 heavy (non-hydrogen) atoms. The molecule has 0 aliphatic carbocycles. The van der Waals surface area contributed by atoms with Crippen molar-refractivity contribution in [1.29, 1.82) is 0 Å². The van der Waals surface area contributed by atoms with E-state index in [2.05, 4.69) is 16.3 Å². The number of nitrogens with two attached hydrogens (primary N) is 1. The molecule has 1 fully saturated rings. The number of likely N-dealkylation sites (tertiary alicyclic amines) is 1. The van der Waals surface area contributed by atoms with E-state index in [1.54, 1.807) is 0 Å². The number of para-hydroxylation sites is 1. The van der Waals surface area contributed by atoms with Gasteiger partial charge in [0, 0.05) is 34.1 Å². The van der Waals surface area contributed by atoms with Crippen molar-refractivity contribution in [2.45, 2.75) is 19.4 Å². The molecule has 6 nitrogen and oxygen atoms in total. The normalized spacial score (nSPS) is 14.6. The minimum absolute atomic E-state index is 0.0279. The number of carbonyl (C=O) groups is 2. The zero-order valence-corrected chi connectivity index (χ0v) is 20.5. The molecule has 4 aromatic rings. The Labute approximate surface area is 215 Å². The number of fused-ring (bicyclic) bond motifs is 1. The molecule has 1 saturated heterocycles. The molecule has 0 saturated carbocycles. The lowest BCUT2D eigenvalue weighted by Gasteiger charge is -2.30. The Balaban J connectivity index is 1.36. The molecule has 0 unspecified atom stereocenters. The second-order valence-corrected chi connectivity index (χ2v) is 9.62. The number of rotatable bonds is 6. The molecule has 7 heteroatoms. The highest BCUT2D eigenvalue weighted by Gasteiger charge is 2.23. The van der Waals surface area contributed by atoms with Crippen molar-refractivity contribution in [2.75, 3.05) is 18.4 Å². The second-order valence-electron chi connectivity index (χ2n) is 9.19. The quantitative estimate of drug-likeness (QED) is 0.367.